The number of para-hydroxylation sites is 2. The summed E-state index contributed by atoms with van der Waals surface area (Å²) in [6, 6.07) is 22.7. The lowest BCUT2D eigenvalue weighted by molar-refractivity contribution is -0.113. The van der Waals surface area contributed by atoms with E-state index in [1.165, 1.54) is 11.8 Å². The van der Waals surface area contributed by atoms with E-state index in [0.717, 1.165) is 23.4 Å². The predicted octanol–water partition coefficient (Wildman–Crippen LogP) is 7.34. The molecule has 0 saturated carbocycles. The minimum absolute atomic E-state index is 0.147. The maximum Gasteiger partial charge on any atom is 0.271 e. The van der Waals surface area contributed by atoms with Crippen LogP contribution in [0, 0.1) is 0 Å². The van der Waals surface area contributed by atoms with Gasteiger partial charge in [-0.3, -0.25) is 9.69 Å². The highest BCUT2D eigenvalue weighted by molar-refractivity contribution is 8.19. The molecule has 0 radical (unpaired) electrons. The fraction of sp³-hybridized carbons (Fsp3) is 0.185. The monoisotopic (exact) mass is 492 g/mol. The first-order valence-electron chi connectivity index (χ1n) is 11.1. The molecule has 34 heavy (non-hydrogen) atoms. The Morgan fingerprint density at radius 2 is 1.71 bits per heavy atom. The van der Waals surface area contributed by atoms with Crippen molar-refractivity contribution in [1.82, 2.24) is 0 Å². The number of rotatable bonds is 8. The third-order valence-electron chi connectivity index (χ3n) is 4.88. The van der Waals surface area contributed by atoms with E-state index in [0.29, 0.717) is 39.8 Å². The van der Waals surface area contributed by atoms with Crippen LogP contribution in [0.25, 0.3) is 6.08 Å². The van der Waals surface area contributed by atoms with Crippen LogP contribution in [0.4, 0.5) is 11.4 Å². The number of halogens is 1. The highest BCUT2D eigenvalue weighted by Crippen LogP contribution is 2.40. The molecular weight excluding hydrogens is 468 g/mol. The maximum atomic E-state index is 13.5. The van der Waals surface area contributed by atoms with E-state index in [1.54, 1.807) is 11.0 Å². The van der Waals surface area contributed by atoms with E-state index < -0.39 is 0 Å². The van der Waals surface area contributed by atoms with Crippen molar-refractivity contribution in [3.63, 3.8) is 0 Å². The summed E-state index contributed by atoms with van der Waals surface area (Å²) in [7, 11) is 0. The lowest BCUT2D eigenvalue weighted by Crippen LogP contribution is -2.28. The molecule has 3 aromatic rings. The average Bonchev–Trinajstić information content (AvgIpc) is 3.14. The SMILES string of the molecule is CCCOc1c(Cl)cc(/C=C2/SC(=Nc3ccccc3)N(c3ccccc3)C2=O)cc1OCC. The summed E-state index contributed by atoms with van der Waals surface area (Å²) in [5.74, 6) is 0.935. The van der Waals surface area contributed by atoms with Gasteiger partial charge in [-0.25, -0.2) is 4.99 Å². The van der Waals surface area contributed by atoms with Crippen molar-refractivity contribution in [2.45, 2.75) is 20.3 Å². The smallest absolute Gasteiger partial charge is 0.271 e. The van der Waals surface area contributed by atoms with Gasteiger partial charge in [0.1, 0.15) is 0 Å². The van der Waals surface area contributed by atoms with Gasteiger partial charge in [0, 0.05) is 0 Å². The van der Waals surface area contributed by atoms with E-state index in [4.69, 9.17) is 26.1 Å². The number of hydrogen-bond acceptors (Lipinski definition) is 5. The van der Waals surface area contributed by atoms with Crippen LogP contribution in [-0.4, -0.2) is 24.3 Å². The predicted molar refractivity (Wildman–Crippen MR) is 141 cm³/mol. The average molecular weight is 493 g/mol. The first-order valence-corrected chi connectivity index (χ1v) is 12.3. The van der Waals surface area contributed by atoms with Gasteiger partial charge in [0.25, 0.3) is 5.91 Å². The van der Waals surface area contributed by atoms with Gasteiger partial charge in [0.15, 0.2) is 16.7 Å². The van der Waals surface area contributed by atoms with E-state index >= 15 is 0 Å². The van der Waals surface area contributed by atoms with Crippen LogP contribution in [0.1, 0.15) is 25.8 Å². The van der Waals surface area contributed by atoms with Crippen molar-refractivity contribution < 1.29 is 14.3 Å². The van der Waals surface area contributed by atoms with Crippen molar-refractivity contribution in [1.29, 1.82) is 0 Å². The summed E-state index contributed by atoms with van der Waals surface area (Å²) < 4.78 is 11.6. The minimum Gasteiger partial charge on any atom is -0.490 e. The second-order valence-corrected chi connectivity index (χ2v) is 8.84. The molecule has 4 rings (SSSR count). The molecule has 0 aliphatic carbocycles. The van der Waals surface area contributed by atoms with Crippen LogP contribution in [0.2, 0.25) is 5.02 Å². The normalized spacial score (nSPS) is 15.9. The Bertz CT molecular complexity index is 1210. The highest BCUT2D eigenvalue weighted by Gasteiger charge is 2.34. The second-order valence-electron chi connectivity index (χ2n) is 7.43. The summed E-state index contributed by atoms with van der Waals surface area (Å²) in [5.41, 5.74) is 2.29. The lowest BCUT2D eigenvalue weighted by Gasteiger charge is -2.15. The van der Waals surface area contributed by atoms with E-state index in [-0.39, 0.29) is 5.91 Å². The van der Waals surface area contributed by atoms with Gasteiger partial charge in [-0.05, 0) is 73.1 Å². The Morgan fingerprint density at radius 1 is 1.00 bits per heavy atom. The van der Waals surface area contributed by atoms with Gasteiger partial charge in [-0.15, -0.1) is 0 Å². The summed E-state index contributed by atoms with van der Waals surface area (Å²) in [6.07, 6.45) is 2.67. The molecule has 1 saturated heterocycles. The minimum atomic E-state index is -0.147. The van der Waals surface area contributed by atoms with E-state index in [2.05, 4.69) is 0 Å². The molecule has 174 valence electrons. The van der Waals surface area contributed by atoms with Crippen molar-refractivity contribution in [3.8, 4) is 11.5 Å². The van der Waals surface area contributed by atoms with Gasteiger partial charge >= 0.3 is 0 Å². The van der Waals surface area contributed by atoms with Crippen molar-refractivity contribution in [2.24, 2.45) is 4.99 Å². The maximum absolute atomic E-state index is 13.5. The van der Waals surface area contributed by atoms with Crippen LogP contribution in [0.15, 0.2) is 82.7 Å². The van der Waals surface area contributed by atoms with Crippen molar-refractivity contribution >= 4 is 51.9 Å². The lowest BCUT2D eigenvalue weighted by atomic mass is 10.1. The van der Waals surface area contributed by atoms with Gasteiger partial charge in [-0.2, -0.15) is 0 Å². The van der Waals surface area contributed by atoms with E-state index in [9.17, 15) is 4.79 Å². The molecular formula is C27H25ClN2O3S. The van der Waals surface area contributed by atoms with Gasteiger partial charge < -0.3 is 9.47 Å². The molecule has 0 unspecified atom stereocenters. The first kappa shape index (κ1) is 23.9. The van der Waals surface area contributed by atoms with Crippen LogP contribution in [0.5, 0.6) is 11.5 Å². The quantitative estimate of drug-likeness (QED) is 0.309. The Balaban J connectivity index is 1.74. The first-order chi connectivity index (χ1) is 16.6. The second kappa shape index (κ2) is 11.3. The van der Waals surface area contributed by atoms with Crippen LogP contribution in [-0.2, 0) is 4.79 Å². The largest absolute Gasteiger partial charge is 0.490 e. The molecule has 0 aromatic heterocycles. The summed E-state index contributed by atoms with van der Waals surface area (Å²) >= 11 is 7.86. The number of carbonyl (C=O) groups excluding carboxylic acids is 1. The highest BCUT2D eigenvalue weighted by atomic mass is 35.5. The Labute approximate surface area is 209 Å². The molecule has 0 atom stereocenters. The fourth-order valence-corrected chi connectivity index (χ4v) is 4.67. The molecule has 1 heterocycles. The zero-order chi connectivity index (χ0) is 23.9. The summed E-state index contributed by atoms with van der Waals surface area (Å²) in [6.45, 7) is 4.95. The van der Waals surface area contributed by atoms with Gasteiger partial charge in [0.2, 0.25) is 0 Å². The van der Waals surface area contributed by atoms with Crippen molar-refractivity contribution in [2.75, 3.05) is 18.1 Å². The third-order valence-corrected chi connectivity index (χ3v) is 6.13. The van der Waals surface area contributed by atoms with Crippen LogP contribution >= 0.6 is 23.4 Å². The fourth-order valence-electron chi connectivity index (χ4n) is 3.40. The molecule has 3 aromatic carbocycles. The number of aliphatic imine (C=N–C) groups is 1. The number of thioether (sulfide) groups is 1. The number of benzene rings is 3. The number of anilines is 1. The Morgan fingerprint density at radius 3 is 2.38 bits per heavy atom. The summed E-state index contributed by atoms with van der Waals surface area (Å²) in [4.78, 5) is 20.4. The van der Waals surface area contributed by atoms with Crippen LogP contribution < -0.4 is 14.4 Å². The molecule has 1 amide bonds. The number of amidine groups is 1. The summed E-state index contributed by atoms with van der Waals surface area (Å²) in [5, 5.41) is 1.03. The number of amides is 1. The Hall–Kier alpha value is -3.22. The molecule has 7 heteroatoms. The molecule has 1 aliphatic rings. The van der Waals surface area contributed by atoms with E-state index in [1.807, 2.05) is 86.7 Å². The standard InChI is InChI=1S/C27H25ClN2O3S/c1-3-15-33-25-22(28)16-19(17-23(25)32-4-2)18-24-26(31)30(21-13-9-6-10-14-21)27(34-24)29-20-11-7-5-8-12-20/h5-14,16-18H,3-4,15H2,1-2H3/b24-18+,29-27?. The number of carbonyl (C=O) groups is 1. The molecule has 0 N–H and O–H groups in total. The Kier molecular flexibility index (Phi) is 7.93. The van der Waals surface area contributed by atoms with Crippen molar-refractivity contribution in [3.05, 3.63) is 88.3 Å². The molecule has 1 fully saturated rings. The molecule has 0 bridgehead atoms. The topological polar surface area (TPSA) is 51.1 Å². The molecule has 0 spiro atoms. The zero-order valence-corrected chi connectivity index (χ0v) is 20.6. The van der Waals surface area contributed by atoms with Gasteiger partial charge in [0.05, 0.1) is 34.5 Å². The van der Waals surface area contributed by atoms with Gasteiger partial charge in [-0.1, -0.05) is 54.9 Å². The number of nitrogens with zero attached hydrogens (tertiary/aromatic N) is 2. The third kappa shape index (κ3) is 5.46. The molecule has 1 aliphatic heterocycles. The zero-order valence-electron chi connectivity index (χ0n) is 19.0. The number of ether oxygens (including phenoxy) is 2. The van der Waals surface area contributed by atoms with Crippen LogP contribution in [0.3, 0.4) is 0 Å². The number of hydrogen-bond donors (Lipinski definition) is 0. The molecule has 5 nitrogen and oxygen atoms in total.